The van der Waals surface area contributed by atoms with Crippen molar-refractivity contribution in [1.29, 1.82) is 5.26 Å². The lowest BCUT2D eigenvalue weighted by molar-refractivity contribution is 0.0549. The molecule has 1 aliphatic heterocycles. The Balaban J connectivity index is 1.79. The minimum Gasteiger partial charge on any atom is -0.382 e. The average Bonchev–Trinajstić information content (AvgIpc) is 2.92. The van der Waals surface area contributed by atoms with Gasteiger partial charge in [0.2, 0.25) is 0 Å². The smallest absolute Gasteiger partial charge is 0.158 e. The summed E-state index contributed by atoms with van der Waals surface area (Å²) in [4.78, 5) is 10.5. The molecule has 0 aromatic carbocycles. The van der Waals surface area contributed by atoms with Crippen molar-refractivity contribution >= 4 is 5.82 Å². The molecule has 0 aliphatic carbocycles. The van der Waals surface area contributed by atoms with Gasteiger partial charge >= 0.3 is 0 Å². The summed E-state index contributed by atoms with van der Waals surface area (Å²) in [6.45, 7) is 3.91. The van der Waals surface area contributed by atoms with Gasteiger partial charge in [0.25, 0.3) is 0 Å². The number of hydrogen-bond acceptors (Lipinski definition) is 6. The first-order valence-corrected chi connectivity index (χ1v) is 6.37. The number of hydrogen-bond donors (Lipinski definition) is 0. The summed E-state index contributed by atoms with van der Waals surface area (Å²) < 4.78 is 10.5. The zero-order chi connectivity index (χ0) is 13.5. The van der Waals surface area contributed by atoms with Crippen LogP contribution in [0.25, 0.3) is 0 Å². The predicted octanol–water partition coefficient (Wildman–Crippen LogP) is 0.838. The topological polar surface area (TPSA) is 71.3 Å². The number of methoxy groups -OCH3 is 1. The number of rotatable bonds is 6. The minimum atomic E-state index is 0.349. The van der Waals surface area contributed by atoms with Gasteiger partial charge in [0, 0.05) is 26.1 Å². The first-order chi connectivity index (χ1) is 9.33. The molecule has 1 aromatic rings. The van der Waals surface area contributed by atoms with Gasteiger partial charge in [-0.15, -0.1) is 0 Å². The van der Waals surface area contributed by atoms with Crippen molar-refractivity contribution in [2.24, 2.45) is 5.92 Å². The minimum absolute atomic E-state index is 0.349. The third-order valence-electron chi connectivity index (χ3n) is 3.15. The van der Waals surface area contributed by atoms with E-state index < -0.39 is 0 Å². The Bertz CT molecular complexity index is 429. The van der Waals surface area contributed by atoms with Crippen LogP contribution in [0.2, 0.25) is 0 Å². The fourth-order valence-electron chi connectivity index (χ4n) is 2.11. The summed E-state index contributed by atoms with van der Waals surface area (Å²) in [5.74, 6) is 1.35. The highest BCUT2D eigenvalue weighted by molar-refractivity contribution is 5.38. The van der Waals surface area contributed by atoms with Crippen molar-refractivity contribution in [3.8, 4) is 6.07 Å². The molecular formula is C13H18N4O2. The van der Waals surface area contributed by atoms with E-state index in [1.807, 2.05) is 6.07 Å². The van der Waals surface area contributed by atoms with Crippen molar-refractivity contribution < 1.29 is 9.47 Å². The van der Waals surface area contributed by atoms with Crippen LogP contribution in [0.5, 0.6) is 0 Å². The first kappa shape index (κ1) is 13.7. The molecule has 0 bridgehead atoms. The molecule has 1 unspecified atom stereocenters. The molecule has 2 heterocycles. The first-order valence-electron chi connectivity index (χ1n) is 6.37. The van der Waals surface area contributed by atoms with Crippen LogP contribution in [0.1, 0.15) is 12.1 Å². The van der Waals surface area contributed by atoms with E-state index in [2.05, 4.69) is 14.9 Å². The Labute approximate surface area is 113 Å². The van der Waals surface area contributed by atoms with Gasteiger partial charge in [-0.05, 0) is 6.42 Å². The summed E-state index contributed by atoms with van der Waals surface area (Å²) in [7, 11) is 1.67. The molecule has 0 saturated carbocycles. The van der Waals surface area contributed by atoms with Gasteiger partial charge in [-0.1, -0.05) is 0 Å². The number of anilines is 1. The maximum atomic E-state index is 8.68. The molecule has 6 heteroatoms. The van der Waals surface area contributed by atoms with Crippen LogP contribution in [0.3, 0.4) is 0 Å². The highest BCUT2D eigenvalue weighted by atomic mass is 16.5. The quantitative estimate of drug-likeness (QED) is 0.707. The molecule has 1 atom stereocenters. The van der Waals surface area contributed by atoms with E-state index in [1.165, 1.54) is 6.20 Å². The summed E-state index contributed by atoms with van der Waals surface area (Å²) in [6.07, 6.45) is 4.26. The lowest BCUT2D eigenvalue weighted by Crippen LogP contribution is -2.22. The van der Waals surface area contributed by atoms with Gasteiger partial charge in [-0.25, -0.2) is 9.97 Å². The molecule has 0 N–H and O–H groups in total. The number of nitrogens with zero attached hydrogens (tertiary/aromatic N) is 4. The molecule has 0 radical (unpaired) electrons. The molecule has 0 spiro atoms. The zero-order valence-electron chi connectivity index (χ0n) is 11.1. The highest BCUT2D eigenvalue weighted by Gasteiger charge is 2.23. The predicted molar refractivity (Wildman–Crippen MR) is 69.8 cm³/mol. The van der Waals surface area contributed by atoms with Crippen molar-refractivity contribution in [3.05, 3.63) is 18.1 Å². The van der Waals surface area contributed by atoms with E-state index in [0.717, 1.165) is 31.9 Å². The Morgan fingerprint density at radius 1 is 1.42 bits per heavy atom. The Hall–Kier alpha value is -1.71. The Morgan fingerprint density at radius 3 is 3.00 bits per heavy atom. The monoisotopic (exact) mass is 262 g/mol. The molecule has 102 valence electrons. The molecule has 1 fully saturated rings. The van der Waals surface area contributed by atoms with E-state index in [9.17, 15) is 0 Å². The fourth-order valence-corrected chi connectivity index (χ4v) is 2.11. The second kappa shape index (κ2) is 7.02. The third kappa shape index (κ3) is 3.88. The average molecular weight is 262 g/mol. The van der Waals surface area contributed by atoms with Crippen LogP contribution in [-0.2, 0) is 9.47 Å². The standard InChI is InChI=1S/C13H18N4O2/c1-18-4-5-19-10-11-2-3-17(9-11)13-8-15-12(6-14)7-16-13/h7-8,11H,2-5,9-10H2,1H3. The van der Waals surface area contributed by atoms with Gasteiger partial charge in [0.15, 0.2) is 5.69 Å². The van der Waals surface area contributed by atoms with Crippen molar-refractivity contribution in [3.63, 3.8) is 0 Å². The molecule has 1 saturated heterocycles. The van der Waals surface area contributed by atoms with Gasteiger partial charge in [-0.2, -0.15) is 5.26 Å². The van der Waals surface area contributed by atoms with Crippen molar-refractivity contribution in [2.75, 3.05) is 44.9 Å². The second-order valence-electron chi connectivity index (χ2n) is 4.54. The molecule has 1 aliphatic rings. The maximum absolute atomic E-state index is 8.68. The molecule has 6 nitrogen and oxygen atoms in total. The number of aromatic nitrogens is 2. The van der Waals surface area contributed by atoms with Crippen LogP contribution in [0.15, 0.2) is 12.4 Å². The third-order valence-corrected chi connectivity index (χ3v) is 3.15. The largest absolute Gasteiger partial charge is 0.382 e. The maximum Gasteiger partial charge on any atom is 0.158 e. The van der Waals surface area contributed by atoms with E-state index in [0.29, 0.717) is 24.8 Å². The molecular weight excluding hydrogens is 244 g/mol. The van der Waals surface area contributed by atoms with Crippen molar-refractivity contribution in [1.82, 2.24) is 9.97 Å². The normalized spacial score (nSPS) is 18.5. The summed E-state index contributed by atoms with van der Waals surface area (Å²) in [5, 5.41) is 8.68. The second-order valence-corrected chi connectivity index (χ2v) is 4.54. The fraction of sp³-hybridized carbons (Fsp3) is 0.615. The SMILES string of the molecule is COCCOCC1CCN(c2cnc(C#N)cn2)C1. The Kier molecular flexibility index (Phi) is 5.07. The zero-order valence-corrected chi connectivity index (χ0v) is 11.1. The van der Waals surface area contributed by atoms with Gasteiger partial charge in [0.05, 0.1) is 32.2 Å². The number of nitriles is 1. The van der Waals surface area contributed by atoms with E-state index in [1.54, 1.807) is 13.3 Å². The number of ether oxygens (including phenoxy) is 2. The molecule has 0 amide bonds. The molecule has 1 aromatic heterocycles. The summed E-state index contributed by atoms with van der Waals surface area (Å²) in [6, 6.07) is 1.97. The van der Waals surface area contributed by atoms with E-state index in [-0.39, 0.29) is 0 Å². The van der Waals surface area contributed by atoms with Crippen molar-refractivity contribution in [2.45, 2.75) is 6.42 Å². The lowest BCUT2D eigenvalue weighted by Gasteiger charge is -2.16. The summed E-state index contributed by atoms with van der Waals surface area (Å²) >= 11 is 0. The molecule has 2 rings (SSSR count). The summed E-state index contributed by atoms with van der Waals surface area (Å²) in [5.41, 5.74) is 0.349. The van der Waals surface area contributed by atoms with E-state index >= 15 is 0 Å². The highest BCUT2D eigenvalue weighted by Crippen LogP contribution is 2.21. The van der Waals surface area contributed by atoms with Crippen LogP contribution in [0.4, 0.5) is 5.82 Å². The Morgan fingerprint density at radius 2 is 2.32 bits per heavy atom. The van der Waals surface area contributed by atoms with Gasteiger partial charge in [0.1, 0.15) is 11.9 Å². The van der Waals surface area contributed by atoms with Gasteiger partial charge < -0.3 is 14.4 Å². The van der Waals surface area contributed by atoms with Crippen LogP contribution in [0, 0.1) is 17.2 Å². The van der Waals surface area contributed by atoms with Crippen LogP contribution >= 0.6 is 0 Å². The lowest BCUT2D eigenvalue weighted by atomic mass is 10.1. The molecule has 19 heavy (non-hydrogen) atoms. The van der Waals surface area contributed by atoms with Crippen LogP contribution < -0.4 is 4.90 Å². The van der Waals surface area contributed by atoms with E-state index in [4.69, 9.17) is 14.7 Å². The van der Waals surface area contributed by atoms with Crippen LogP contribution in [-0.4, -0.2) is 50.0 Å². The van der Waals surface area contributed by atoms with Gasteiger partial charge in [-0.3, -0.25) is 0 Å².